The first kappa shape index (κ1) is 14.8. The van der Waals surface area contributed by atoms with Crippen molar-refractivity contribution in [2.75, 3.05) is 25.0 Å². The Kier molecular flexibility index (Phi) is 4.65. The van der Waals surface area contributed by atoms with Crippen LogP contribution in [0.3, 0.4) is 0 Å². The molecule has 0 unspecified atom stereocenters. The minimum atomic E-state index is -0.156. The van der Waals surface area contributed by atoms with Gasteiger partial charge in [-0.25, -0.2) is 4.79 Å². The zero-order chi connectivity index (χ0) is 14.7. The van der Waals surface area contributed by atoms with E-state index in [1.54, 1.807) is 4.68 Å². The number of amides is 2. The summed E-state index contributed by atoms with van der Waals surface area (Å²) in [5.74, 6) is 1.27. The van der Waals surface area contributed by atoms with Crippen molar-refractivity contribution in [1.82, 2.24) is 20.0 Å². The SMILES string of the molecule is Cc1cc(NC(=O)NC[C@@H]2CCN(C(C)C)C2)n(C)n1. The molecule has 20 heavy (non-hydrogen) atoms. The lowest BCUT2D eigenvalue weighted by Gasteiger charge is -2.20. The van der Waals surface area contributed by atoms with Gasteiger partial charge in [0.15, 0.2) is 0 Å². The predicted octanol–water partition coefficient (Wildman–Crippen LogP) is 1.58. The van der Waals surface area contributed by atoms with Gasteiger partial charge in [-0.15, -0.1) is 0 Å². The van der Waals surface area contributed by atoms with Crippen molar-refractivity contribution >= 4 is 11.8 Å². The molecule has 0 radical (unpaired) electrons. The normalized spacial score (nSPS) is 19.6. The van der Waals surface area contributed by atoms with E-state index < -0.39 is 0 Å². The number of nitrogens with one attached hydrogen (secondary N) is 2. The molecule has 1 aliphatic heterocycles. The molecule has 1 fully saturated rings. The molecule has 1 saturated heterocycles. The molecule has 2 N–H and O–H groups in total. The third-order valence-electron chi connectivity index (χ3n) is 3.84. The van der Waals surface area contributed by atoms with Crippen LogP contribution in [-0.4, -0.2) is 46.4 Å². The molecule has 0 spiro atoms. The standard InChI is InChI=1S/C14H25N5O/c1-10(2)19-6-5-12(9-19)8-15-14(20)16-13-7-11(3)17-18(13)4/h7,10,12H,5-6,8-9H2,1-4H3,(H2,15,16,20)/t12-/m0/s1. The number of carbonyl (C=O) groups is 1. The number of anilines is 1. The van der Waals surface area contributed by atoms with Crippen LogP contribution in [0.5, 0.6) is 0 Å². The molecule has 2 heterocycles. The van der Waals surface area contributed by atoms with Crippen molar-refractivity contribution < 1.29 is 4.79 Å². The summed E-state index contributed by atoms with van der Waals surface area (Å²) in [4.78, 5) is 14.3. The van der Waals surface area contributed by atoms with E-state index in [4.69, 9.17) is 0 Å². The first-order valence-electron chi connectivity index (χ1n) is 7.25. The van der Waals surface area contributed by atoms with Crippen molar-refractivity contribution in [2.24, 2.45) is 13.0 Å². The maximum absolute atomic E-state index is 11.9. The van der Waals surface area contributed by atoms with E-state index in [0.29, 0.717) is 12.0 Å². The second-order valence-corrected chi connectivity index (χ2v) is 5.87. The highest BCUT2D eigenvalue weighted by molar-refractivity contribution is 5.88. The molecule has 2 rings (SSSR count). The van der Waals surface area contributed by atoms with Crippen LogP contribution in [0, 0.1) is 12.8 Å². The second-order valence-electron chi connectivity index (χ2n) is 5.87. The lowest BCUT2D eigenvalue weighted by Crippen LogP contribution is -2.35. The van der Waals surface area contributed by atoms with Crippen LogP contribution >= 0.6 is 0 Å². The largest absolute Gasteiger partial charge is 0.338 e. The van der Waals surface area contributed by atoms with Crippen molar-refractivity contribution in [3.05, 3.63) is 11.8 Å². The van der Waals surface area contributed by atoms with Crippen LogP contribution in [0.1, 0.15) is 26.0 Å². The minimum absolute atomic E-state index is 0.156. The third kappa shape index (κ3) is 3.72. The summed E-state index contributed by atoms with van der Waals surface area (Å²) in [6.07, 6.45) is 1.16. The van der Waals surface area contributed by atoms with Crippen LogP contribution < -0.4 is 10.6 Å². The van der Waals surface area contributed by atoms with E-state index in [1.807, 2.05) is 20.0 Å². The Morgan fingerprint density at radius 3 is 2.85 bits per heavy atom. The van der Waals surface area contributed by atoms with Gasteiger partial charge in [0, 0.05) is 32.2 Å². The molecule has 6 nitrogen and oxygen atoms in total. The lowest BCUT2D eigenvalue weighted by molar-refractivity contribution is 0.247. The number of aromatic nitrogens is 2. The third-order valence-corrected chi connectivity index (χ3v) is 3.84. The number of hydrogen-bond donors (Lipinski definition) is 2. The number of aryl methyl sites for hydroxylation is 2. The Hall–Kier alpha value is -1.56. The molecule has 0 saturated carbocycles. The van der Waals surface area contributed by atoms with E-state index in [9.17, 15) is 4.79 Å². The smallest absolute Gasteiger partial charge is 0.320 e. The fourth-order valence-corrected chi connectivity index (χ4v) is 2.62. The molecule has 6 heteroatoms. The molecule has 0 aromatic carbocycles. The highest BCUT2D eigenvalue weighted by Crippen LogP contribution is 2.17. The molecule has 112 valence electrons. The molecule has 0 bridgehead atoms. The van der Waals surface area contributed by atoms with Crippen LogP contribution in [0.15, 0.2) is 6.07 Å². The van der Waals surface area contributed by atoms with E-state index in [1.165, 1.54) is 0 Å². The first-order valence-corrected chi connectivity index (χ1v) is 7.25. The Labute approximate surface area is 120 Å². The number of carbonyl (C=O) groups excluding carboxylic acids is 1. The fourth-order valence-electron chi connectivity index (χ4n) is 2.62. The van der Waals surface area contributed by atoms with Gasteiger partial charge < -0.3 is 10.2 Å². The van der Waals surface area contributed by atoms with Crippen molar-refractivity contribution in [1.29, 1.82) is 0 Å². The van der Waals surface area contributed by atoms with Crippen LogP contribution in [0.2, 0.25) is 0 Å². The average Bonchev–Trinajstić information content (AvgIpc) is 2.94. The number of likely N-dealkylation sites (tertiary alicyclic amines) is 1. The van der Waals surface area contributed by atoms with E-state index in [0.717, 1.165) is 37.6 Å². The zero-order valence-electron chi connectivity index (χ0n) is 12.8. The van der Waals surface area contributed by atoms with E-state index in [2.05, 4.69) is 34.5 Å². The van der Waals surface area contributed by atoms with Gasteiger partial charge >= 0.3 is 6.03 Å². The van der Waals surface area contributed by atoms with Crippen molar-refractivity contribution in [3.63, 3.8) is 0 Å². The second kappa shape index (κ2) is 6.26. The summed E-state index contributed by atoms with van der Waals surface area (Å²) in [7, 11) is 1.82. The van der Waals surface area contributed by atoms with Gasteiger partial charge in [0.1, 0.15) is 5.82 Å². The van der Waals surface area contributed by atoms with Gasteiger partial charge in [-0.3, -0.25) is 10.00 Å². The molecule has 1 atom stereocenters. The summed E-state index contributed by atoms with van der Waals surface area (Å²) in [6, 6.07) is 2.29. The van der Waals surface area contributed by atoms with Gasteiger partial charge in [0.2, 0.25) is 0 Å². The number of nitrogens with zero attached hydrogens (tertiary/aromatic N) is 3. The summed E-state index contributed by atoms with van der Waals surface area (Å²) in [5.41, 5.74) is 0.895. The average molecular weight is 279 g/mol. The van der Waals surface area contributed by atoms with Crippen LogP contribution in [0.25, 0.3) is 0 Å². The minimum Gasteiger partial charge on any atom is -0.338 e. The Morgan fingerprint density at radius 2 is 2.30 bits per heavy atom. The Morgan fingerprint density at radius 1 is 1.55 bits per heavy atom. The number of rotatable bonds is 4. The van der Waals surface area contributed by atoms with E-state index >= 15 is 0 Å². The molecular formula is C14H25N5O. The van der Waals surface area contributed by atoms with Gasteiger partial charge in [-0.2, -0.15) is 5.10 Å². The summed E-state index contributed by atoms with van der Waals surface area (Å²) < 4.78 is 1.67. The number of hydrogen-bond acceptors (Lipinski definition) is 3. The molecule has 2 amide bonds. The summed E-state index contributed by atoms with van der Waals surface area (Å²) >= 11 is 0. The quantitative estimate of drug-likeness (QED) is 0.879. The molecule has 1 aromatic rings. The van der Waals surface area contributed by atoms with Crippen molar-refractivity contribution in [3.8, 4) is 0 Å². The van der Waals surface area contributed by atoms with Gasteiger partial charge in [0.05, 0.1) is 5.69 Å². The molecule has 1 aliphatic rings. The van der Waals surface area contributed by atoms with Gasteiger partial charge in [0.25, 0.3) is 0 Å². The van der Waals surface area contributed by atoms with E-state index in [-0.39, 0.29) is 6.03 Å². The monoisotopic (exact) mass is 279 g/mol. The fraction of sp³-hybridized carbons (Fsp3) is 0.714. The lowest BCUT2D eigenvalue weighted by atomic mass is 10.1. The molecule has 0 aliphatic carbocycles. The maximum atomic E-state index is 11.9. The van der Waals surface area contributed by atoms with Gasteiger partial charge in [-0.1, -0.05) is 0 Å². The number of urea groups is 1. The van der Waals surface area contributed by atoms with Gasteiger partial charge in [-0.05, 0) is 39.7 Å². The molecule has 1 aromatic heterocycles. The van der Waals surface area contributed by atoms with Crippen LogP contribution in [-0.2, 0) is 7.05 Å². The van der Waals surface area contributed by atoms with Crippen LogP contribution in [0.4, 0.5) is 10.6 Å². The maximum Gasteiger partial charge on any atom is 0.320 e. The first-order chi connectivity index (χ1) is 9.45. The topological polar surface area (TPSA) is 62.2 Å². The predicted molar refractivity (Wildman–Crippen MR) is 79.8 cm³/mol. The highest BCUT2D eigenvalue weighted by Gasteiger charge is 2.24. The summed E-state index contributed by atoms with van der Waals surface area (Å²) in [6.45, 7) is 9.27. The Bertz CT molecular complexity index is 468. The Balaban J connectivity index is 1.75. The zero-order valence-corrected chi connectivity index (χ0v) is 12.8. The summed E-state index contributed by atoms with van der Waals surface area (Å²) in [5, 5.41) is 9.98. The highest BCUT2D eigenvalue weighted by atomic mass is 16.2. The molecular weight excluding hydrogens is 254 g/mol. The van der Waals surface area contributed by atoms with Crippen molar-refractivity contribution in [2.45, 2.75) is 33.2 Å².